The Hall–Kier alpha value is -4.37. The van der Waals surface area contributed by atoms with Gasteiger partial charge in [0.25, 0.3) is 0 Å². The smallest absolute Gasteiger partial charge is 0.143 e. The molecule has 0 bridgehead atoms. The summed E-state index contributed by atoms with van der Waals surface area (Å²) < 4.78 is 8.22. The molecule has 0 aliphatic carbocycles. The minimum atomic E-state index is 0.935. The van der Waals surface area contributed by atoms with Crippen molar-refractivity contribution in [3.63, 3.8) is 0 Å². The van der Waals surface area contributed by atoms with Crippen molar-refractivity contribution in [1.82, 2.24) is 9.55 Å². The second-order valence-electron chi connectivity index (χ2n) is 8.12. The van der Waals surface area contributed by atoms with E-state index >= 15 is 0 Å². The summed E-state index contributed by atoms with van der Waals surface area (Å²) in [6.07, 6.45) is 3.72. The van der Waals surface area contributed by atoms with Gasteiger partial charge in [-0.1, -0.05) is 54.6 Å². The van der Waals surface area contributed by atoms with Gasteiger partial charge in [0.15, 0.2) is 0 Å². The molecule has 7 aromatic rings. The molecule has 0 saturated heterocycles. The Morgan fingerprint density at radius 3 is 2.50 bits per heavy atom. The van der Waals surface area contributed by atoms with E-state index in [1.54, 1.807) is 6.26 Å². The van der Waals surface area contributed by atoms with Gasteiger partial charge in [-0.2, -0.15) is 0 Å². The second-order valence-corrected chi connectivity index (χ2v) is 8.12. The topological polar surface area (TPSA) is 31.0 Å². The lowest BCUT2D eigenvalue weighted by molar-refractivity contribution is 0.619. The number of hydrogen-bond donors (Lipinski definition) is 0. The highest BCUT2D eigenvalue weighted by Crippen LogP contribution is 2.37. The van der Waals surface area contributed by atoms with E-state index in [4.69, 9.17) is 9.40 Å². The standard InChI is InChI=1S/C29H18N2O/c1-2-7-22-18-30-25(17-20(22)6-1)21-8-5-9-23(16-21)31-26-11-4-3-10-24(26)28-27(31)13-12-19-14-15-32-29(19)28/h1-18H. The minimum Gasteiger partial charge on any atom is -0.464 e. The number of benzene rings is 4. The van der Waals surface area contributed by atoms with Gasteiger partial charge < -0.3 is 8.98 Å². The molecule has 3 heteroatoms. The Balaban J connectivity index is 1.50. The first kappa shape index (κ1) is 17.3. The summed E-state index contributed by atoms with van der Waals surface area (Å²) in [6, 6.07) is 34.0. The number of rotatable bonds is 2. The van der Waals surface area contributed by atoms with E-state index in [1.807, 2.05) is 18.3 Å². The zero-order valence-electron chi connectivity index (χ0n) is 17.2. The van der Waals surface area contributed by atoms with Crippen molar-refractivity contribution < 1.29 is 4.42 Å². The van der Waals surface area contributed by atoms with Crippen LogP contribution in [-0.4, -0.2) is 9.55 Å². The molecule has 3 aromatic heterocycles. The van der Waals surface area contributed by atoms with Crippen molar-refractivity contribution in [3.05, 3.63) is 110 Å². The first-order valence-electron chi connectivity index (χ1n) is 10.7. The average molecular weight is 410 g/mol. The first-order valence-corrected chi connectivity index (χ1v) is 10.7. The van der Waals surface area contributed by atoms with Crippen LogP contribution in [0.3, 0.4) is 0 Å². The Bertz CT molecular complexity index is 1790. The third kappa shape index (κ3) is 2.45. The zero-order chi connectivity index (χ0) is 21.1. The molecule has 0 atom stereocenters. The molecule has 7 rings (SSSR count). The van der Waals surface area contributed by atoms with E-state index in [2.05, 4.69) is 89.5 Å². The van der Waals surface area contributed by atoms with Gasteiger partial charge in [-0.15, -0.1) is 0 Å². The number of furan rings is 1. The van der Waals surface area contributed by atoms with E-state index in [0.717, 1.165) is 49.7 Å². The Morgan fingerprint density at radius 2 is 1.53 bits per heavy atom. The molecule has 3 heterocycles. The fourth-order valence-electron chi connectivity index (χ4n) is 4.80. The molecule has 0 unspecified atom stereocenters. The quantitative estimate of drug-likeness (QED) is 0.292. The Morgan fingerprint density at radius 1 is 0.656 bits per heavy atom. The Kier molecular flexibility index (Phi) is 3.55. The summed E-state index contributed by atoms with van der Waals surface area (Å²) in [6.45, 7) is 0. The molecule has 0 spiro atoms. The first-order chi connectivity index (χ1) is 15.9. The molecule has 0 saturated carbocycles. The van der Waals surface area contributed by atoms with Crippen molar-refractivity contribution >= 4 is 43.5 Å². The summed E-state index contributed by atoms with van der Waals surface area (Å²) in [7, 11) is 0. The molecule has 32 heavy (non-hydrogen) atoms. The molecular weight excluding hydrogens is 392 g/mol. The van der Waals surface area contributed by atoms with Gasteiger partial charge in [-0.3, -0.25) is 4.98 Å². The van der Waals surface area contributed by atoms with Gasteiger partial charge in [0.1, 0.15) is 5.58 Å². The van der Waals surface area contributed by atoms with Crippen LogP contribution in [0.1, 0.15) is 0 Å². The number of nitrogens with zero attached hydrogens (tertiary/aromatic N) is 2. The monoisotopic (exact) mass is 410 g/mol. The molecule has 0 fully saturated rings. The molecule has 0 aliphatic heterocycles. The zero-order valence-corrected chi connectivity index (χ0v) is 17.2. The highest BCUT2D eigenvalue weighted by atomic mass is 16.3. The lowest BCUT2D eigenvalue weighted by Crippen LogP contribution is -1.94. The average Bonchev–Trinajstić information content (AvgIpc) is 3.46. The number of fused-ring (bicyclic) bond motifs is 6. The molecular formula is C29H18N2O. The van der Waals surface area contributed by atoms with Crippen LogP contribution in [-0.2, 0) is 0 Å². The molecule has 0 amide bonds. The Labute approximate surface area is 184 Å². The van der Waals surface area contributed by atoms with E-state index in [9.17, 15) is 0 Å². The van der Waals surface area contributed by atoms with E-state index < -0.39 is 0 Å². The number of hydrogen-bond acceptors (Lipinski definition) is 2. The van der Waals surface area contributed by atoms with Crippen molar-refractivity contribution in [3.8, 4) is 16.9 Å². The van der Waals surface area contributed by atoms with Gasteiger partial charge >= 0.3 is 0 Å². The second kappa shape index (κ2) is 6.56. The SMILES string of the molecule is c1cc(-c2cc3ccccc3cn2)cc(-n2c3ccccc3c3c4occc4ccc32)c1. The summed E-state index contributed by atoms with van der Waals surface area (Å²) in [4.78, 5) is 4.73. The minimum absolute atomic E-state index is 0.935. The number of aromatic nitrogens is 2. The highest BCUT2D eigenvalue weighted by molar-refractivity contribution is 6.19. The third-order valence-corrected chi connectivity index (χ3v) is 6.29. The predicted octanol–water partition coefficient (Wildman–Crippen LogP) is 7.75. The van der Waals surface area contributed by atoms with Crippen molar-refractivity contribution in [2.75, 3.05) is 0 Å². The fraction of sp³-hybridized carbons (Fsp3) is 0. The van der Waals surface area contributed by atoms with Gasteiger partial charge in [0.05, 0.1) is 28.4 Å². The summed E-state index contributed by atoms with van der Waals surface area (Å²) in [5.41, 5.74) is 6.41. The van der Waals surface area contributed by atoms with Gasteiger partial charge in [0.2, 0.25) is 0 Å². The predicted molar refractivity (Wildman–Crippen MR) is 131 cm³/mol. The number of pyridine rings is 1. The lowest BCUT2D eigenvalue weighted by Gasteiger charge is -2.10. The van der Waals surface area contributed by atoms with E-state index in [1.165, 1.54) is 10.8 Å². The van der Waals surface area contributed by atoms with Crippen LogP contribution < -0.4 is 0 Å². The maximum atomic E-state index is 5.90. The molecule has 3 nitrogen and oxygen atoms in total. The van der Waals surface area contributed by atoms with E-state index in [-0.39, 0.29) is 0 Å². The van der Waals surface area contributed by atoms with Crippen LogP contribution in [0.5, 0.6) is 0 Å². The van der Waals surface area contributed by atoms with E-state index in [0.29, 0.717) is 0 Å². The number of para-hydroxylation sites is 1. The van der Waals surface area contributed by atoms with Gasteiger partial charge in [-0.05, 0) is 47.9 Å². The van der Waals surface area contributed by atoms with Crippen LogP contribution in [0, 0.1) is 0 Å². The van der Waals surface area contributed by atoms with Gasteiger partial charge in [0, 0.05) is 33.6 Å². The molecule has 150 valence electrons. The molecule has 0 N–H and O–H groups in total. The van der Waals surface area contributed by atoms with Crippen LogP contribution in [0.2, 0.25) is 0 Å². The third-order valence-electron chi connectivity index (χ3n) is 6.29. The van der Waals surface area contributed by atoms with Crippen molar-refractivity contribution in [2.45, 2.75) is 0 Å². The van der Waals surface area contributed by atoms with Crippen LogP contribution in [0.25, 0.3) is 60.5 Å². The van der Waals surface area contributed by atoms with Gasteiger partial charge in [-0.25, -0.2) is 0 Å². The molecule has 0 aliphatic rings. The summed E-state index contributed by atoms with van der Waals surface area (Å²) in [5, 5.41) is 5.81. The van der Waals surface area contributed by atoms with Crippen molar-refractivity contribution in [2.24, 2.45) is 0 Å². The van der Waals surface area contributed by atoms with Crippen LogP contribution in [0.15, 0.2) is 114 Å². The molecule has 0 radical (unpaired) electrons. The summed E-state index contributed by atoms with van der Waals surface area (Å²) >= 11 is 0. The highest BCUT2D eigenvalue weighted by Gasteiger charge is 2.16. The maximum absolute atomic E-state index is 5.90. The van der Waals surface area contributed by atoms with Crippen molar-refractivity contribution in [1.29, 1.82) is 0 Å². The molecule has 4 aromatic carbocycles. The lowest BCUT2D eigenvalue weighted by atomic mass is 10.1. The van der Waals surface area contributed by atoms with Crippen LogP contribution >= 0.6 is 0 Å². The normalized spacial score (nSPS) is 11.8. The maximum Gasteiger partial charge on any atom is 0.143 e. The van der Waals surface area contributed by atoms with Crippen LogP contribution in [0.4, 0.5) is 0 Å². The largest absolute Gasteiger partial charge is 0.464 e. The summed E-state index contributed by atoms with van der Waals surface area (Å²) in [5.74, 6) is 0. The fourth-order valence-corrected chi connectivity index (χ4v) is 4.80.